The maximum absolute atomic E-state index is 6.26. The molecular weight excluding hydrogens is 278 g/mol. The van der Waals surface area contributed by atoms with Crippen LogP contribution in [-0.2, 0) is 4.74 Å². The smallest absolute Gasteiger partial charge is 0.0701 e. The summed E-state index contributed by atoms with van der Waals surface area (Å²) in [4.78, 5) is 0. The Morgan fingerprint density at radius 1 is 1.29 bits per heavy atom. The molecule has 3 rings (SSSR count). The van der Waals surface area contributed by atoms with Crippen molar-refractivity contribution in [3.8, 4) is 0 Å². The van der Waals surface area contributed by atoms with Crippen molar-refractivity contribution in [3.05, 3.63) is 35.4 Å². The molecule has 1 spiro atoms. The molecule has 0 bridgehead atoms. The van der Waals surface area contributed by atoms with E-state index >= 15 is 0 Å². The van der Waals surface area contributed by atoms with Gasteiger partial charge in [0.2, 0.25) is 0 Å². The van der Waals surface area contributed by atoms with Gasteiger partial charge in [0, 0.05) is 12.6 Å². The zero-order chi connectivity index (χ0) is 14.7. The molecule has 0 aliphatic carbocycles. The maximum Gasteiger partial charge on any atom is 0.0701 e. The molecule has 0 amide bonds. The Morgan fingerprint density at radius 2 is 2.05 bits per heavy atom. The maximum atomic E-state index is 6.26. The molecule has 2 atom stereocenters. The SMILES string of the molecule is CNC(c1ccccc1C)C1CCOC2(CCSCC2)C1. The van der Waals surface area contributed by atoms with Crippen LogP contribution in [0.5, 0.6) is 0 Å². The zero-order valence-electron chi connectivity index (χ0n) is 13.2. The lowest BCUT2D eigenvalue weighted by molar-refractivity contribution is -0.107. The summed E-state index contributed by atoms with van der Waals surface area (Å²) in [7, 11) is 2.11. The van der Waals surface area contributed by atoms with Crippen molar-refractivity contribution >= 4 is 11.8 Å². The molecule has 21 heavy (non-hydrogen) atoms. The molecule has 1 aromatic rings. The number of hydrogen-bond acceptors (Lipinski definition) is 3. The summed E-state index contributed by atoms with van der Waals surface area (Å²) in [5.41, 5.74) is 3.04. The number of ether oxygens (including phenoxy) is 1. The van der Waals surface area contributed by atoms with E-state index in [0.29, 0.717) is 12.0 Å². The lowest BCUT2D eigenvalue weighted by Gasteiger charge is -2.45. The molecule has 0 saturated carbocycles. The van der Waals surface area contributed by atoms with Crippen LogP contribution in [0.4, 0.5) is 0 Å². The van der Waals surface area contributed by atoms with Crippen molar-refractivity contribution < 1.29 is 4.74 Å². The number of benzene rings is 1. The summed E-state index contributed by atoms with van der Waals surface area (Å²) in [6, 6.07) is 9.28. The van der Waals surface area contributed by atoms with E-state index in [0.717, 1.165) is 6.61 Å². The summed E-state index contributed by atoms with van der Waals surface area (Å²) >= 11 is 2.08. The van der Waals surface area contributed by atoms with E-state index in [-0.39, 0.29) is 5.60 Å². The highest BCUT2D eigenvalue weighted by molar-refractivity contribution is 7.99. The fourth-order valence-corrected chi connectivity index (χ4v) is 5.26. The topological polar surface area (TPSA) is 21.3 Å². The summed E-state index contributed by atoms with van der Waals surface area (Å²) < 4.78 is 6.26. The first-order valence-corrected chi connectivity index (χ1v) is 9.34. The highest BCUT2D eigenvalue weighted by Crippen LogP contribution is 2.43. The predicted octanol–water partition coefficient (Wildman–Crippen LogP) is 3.95. The lowest BCUT2D eigenvalue weighted by atomic mass is 9.76. The molecular formula is C18H27NOS. The predicted molar refractivity (Wildman–Crippen MR) is 90.9 cm³/mol. The van der Waals surface area contributed by atoms with Crippen LogP contribution in [-0.4, -0.2) is 30.8 Å². The molecule has 0 aromatic heterocycles. The third-order valence-corrected chi connectivity index (χ3v) is 6.23. The minimum absolute atomic E-state index is 0.173. The van der Waals surface area contributed by atoms with Gasteiger partial charge in [-0.05, 0) is 68.2 Å². The van der Waals surface area contributed by atoms with Gasteiger partial charge < -0.3 is 10.1 Å². The molecule has 1 aromatic carbocycles. The zero-order valence-corrected chi connectivity index (χ0v) is 14.0. The highest BCUT2D eigenvalue weighted by atomic mass is 32.2. The Labute approximate surface area is 133 Å². The lowest BCUT2D eigenvalue weighted by Crippen LogP contribution is -2.45. The fraction of sp³-hybridized carbons (Fsp3) is 0.667. The van der Waals surface area contributed by atoms with Gasteiger partial charge in [-0.15, -0.1) is 0 Å². The molecule has 1 N–H and O–H groups in total. The van der Waals surface area contributed by atoms with Gasteiger partial charge in [0.1, 0.15) is 0 Å². The largest absolute Gasteiger partial charge is 0.375 e. The van der Waals surface area contributed by atoms with E-state index < -0.39 is 0 Å². The van der Waals surface area contributed by atoms with Gasteiger partial charge in [0.05, 0.1) is 5.60 Å². The summed E-state index contributed by atoms with van der Waals surface area (Å²) in [6.07, 6.45) is 4.86. The molecule has 3 heteroatoms. The van der Waals surface area contributed by atoms with Gasteiger partial charge in [-0.25, -0.2) is 0 Å². The van der Waals surface area contributed by atoms with Crippen LogP contribution in [0.1, 0.15) is 42.9 Å². The third-order valence-electron chi connectivity index (χ3n) is 5.24. The van der Waals surface area contributed by atoms with Crippen molar-refractivity contribution in [2.45, 2.75) is 44.2 Å². The first-order chi connectivity index (χ1) is 10.2. The standard InChI is InChI=1S/C18H27NOS/c1-14-5-3-4-6-16(14)17(19-2)15-7-10-20-18(13-15)8-11-21-12-9-18/h3-6,15,17,19H,7-13H2,1-2H3. The van der Waals surface area contributed by atoms with Gasteiger partial charge in [0.15, 0.2) is 0 Å². The van der Waals surface area contributed by atoms with E-state index in [9.17, 15) is 0 Å². The van der Waals surface area contributed by atoms with Gasteiger partial charge in [-0.1, -0.05) is 24.3 Å². The Morgan fingerprint density at radius 3 is 2.76 bits per heavy atom. The second-order valence-electron chi connectivity index (χ2n) is 6.52. The number of hydrogen-bond donors (Lipinski definition) is 1. The van der Waals surface area contributed by atoms with E-state index in [2.05, 4.69) is 55.3 Å². The second-order valence-corrected chi connectivity index (χ2v) is 7.74. The van der Waals surface area contributed by atoms with Crippen LogP contribution in [0.15, 0.2) is 24.3 Å². The average Bonchev–Trinajstić information content (AvgIpc) is 2.51. The molecule has 2 saturated heterocycles. The Kier molecular flexibility index (Phi) is 4.92. The molecule has 2 unspecified atom stereocenters. The number of aryl methyl sites for hydroxylation is 1. The third kappa shape index (κ3) is 3.30. The van der Waals surface area contributed by atoms with E-state index in [1.165, 1.54) is 48.3 Å². The van der Waals surface area contributed by atoms with Crippen molar-refractivity contribution in [1.82, 2.24) is 5.32 Å². The minimum Gasteiger partial charge on any atom is -0.375 e. The van der Waals surface area contributed by atoms with Crippen LogP contribution in [0.25, 0.3) is 0 Å². The average molecular weight is 305 g/mol. The van der Waals surface area contributed by atoms with Gasteiger partial charge in [-0.3, -0.25) is 0 Å². The number of rotatable bonds is 3. The quantitative estimate of drug-likeness (QED) is 0.913. The van der Waals surface area contributed by atoms with E-state index in [4.69, 9.17) is 4.74 Å². The van der Waals surface area contributed by atoms with Crippen LogP contribution in [0, 0.1) is 12.8 Å². The van der Waals surface area contributed by atoms with Gasteiger partial charge in [-0.2, -0.15) is 11.8 Å². The Bertz CT molecular complexity index is 465. The van der Waals surface area contributed by atoms with Crippen molar-refractivity contribution in [2.24, 2.45) is 5.92 Å². The van der Waals surface area contributed by atoms with Crippen molar-refractivity contribution in [2.75, 3.05) is 25.2 Å². The molecule has 2 heterocycles. The van der Waals surface area contributed by atoms with Crippen molar-refractivity contribution in [3.63, 3.8) is 0 Å². The Balaban J connectivity index is 1.79. The molecule has 2 aliphatic heterocycles. The summed E-state index contributed by atoms with van der Waals surface area (Å²) in [5, 5.41) is 3.59. The first-order valence-electron chi connectivity index (χ1n) is 8.19. The molecule has 0 radical (unpaired) electrons. The van der Waals surface area contributed by atoms with Crippen LogP contribution < -0.4 is 5.32 Å². The molecule has 116 valence electrons. The number of thioether (sulfide) groups is 1. The van der Waals surface area contributed by atoms with Gasteiger partial charge in [0.25, 0.3) is 0 Å². The first kappa shape index (κ1) is 15.4. The molecule has 2 nitrogen and oxygen atoms in total. The number of nitrogens with one attached hydrogen (secondary N) is 1. The van der Waals surface area contributed by atoms with Gasteiger partial charge >= 0.3 is 0 Å². The van der Waals surface area contributed by atoms with E-state index in [1.807, 2.05) is 0 Å². The van der Waals surface area contributed by atoms with Crippen molar-refractivity contribution in [1.29, 1.82) is 0 Å². The van der Waals surface area contributed by atoms with Crippen LogP contribution >= 0.6 is 11.8 Å². The van der Waals surface area contributed by atoms with Crippen LogP contribution in [0.3, 0.4) is 0 Å². The second kappa shape index (κ2) is 6.72. The highest BCUT2D eigenvalue weighted by Gasteiger charge is 2.41. The molecule has 2 fully saturated rings. The van der Waals surface area contributed by atoms with E-state index in [1.54, 1.807) is 0 Å². The van der Waals surface area contributed by atoms with Crippen LogP contribution in [0.2, 0.25) is 0 Å². The molecule has 2 aliphatic rings. The minimum atomic E-state index is 0.173. The normalized spacial score (nSPS) is 26.7. The fourth-order valence-electron chi connectivity index (χ4n) is 4.02. The Hall–Kier alpha value is -0.510. The monoisotopic (exact) mass is 305 g/mol. The summed E-state index contributed by atoms with van der Waals surface area (Å²) in [5.74, 6) is 3.22. The summed E-state index contributed by atoms with van der Waals surface area (Å²) in [6.45, 7) is 3.16.